The second kappa shape index (κ2) is 11.0. The van der Waals surface area contributed by atoms with Gasteiger partial charge >= 0.3 is 0 Å². The molecule has 0 aliphatic rings. The minimum Gasteiger partial charge on any atom is -0.497 e. The first kappa shape index (κ1) is 23.5. The van der Waals surface area contributed by atoms with Crippen LogP contribution in [0.25, 0.3) is 11.3 Å². The Labute approximate surface area is 206 Å². The SMILES string of the molecule is COc1ccc(-c2csc(NC(=O)C[C@@H](NC(=O)c3ccccc3Cl)c3ccccc3)n2)cc1. The summed E-state index contributed by atoms with van der Waals surface area (Å²) in [6, 6.07) is 23.2. The van der Waals surface area contributed by atoms with Crippen molar-refractivity contribution in [2.24, 2.45) is 0 Å². The van der Waals surface area contributed by atoms with E-state index < -0.39 is 6.04 Å². The fraction of sp³-hybridized carbons (Fsp3) is 0.115. The third-order valence-corrected chi connectivity index (χ3v) is 6.24. The molecule has 4 rings (SSSR count). The lowest BCUT2D eigenvalue weighted by molar-refractivity contribution is -0.116. The van der Waals surface area contributed by atoms with Gasteiger partial charge in [0.2, 0.25) is 5.91 Å². The van der Waals surface area contributed by atoms with Crippen molar-refractivity contribution in [2.75, 3.05) is 12.4 Å². The Morgan fingerprint density at radius 3 is 2.41 bits per heavy atom. The quantitative estimate of drug-likeness (QED) is 0.318. The number of nitrogens with zero attached hydrogens (tertiary/aromatic N) is 1. The number of methoxy groups -OCH3 is 1. The molecule has 0 aliphatic heterocycles. The predicted molar refractivity (Wildman–Crippen MR) is 135 cm³/mol. The second-order valence-corrected chi connectivity index (χ2v) is 8.70. The Bertz CT molecular complexity index is 1280. The number of thiazole rings is 1. The number of carbonyl (C=O) groups is 2. The van der Waals surface area contributed by atoms with E-state index in [2.05, 4.69) is 15.6 Å². The summed E-state index contributed by atoms with van der Waals surface area (Å²) in [6.45, 7) is 0. The van der Waals surface area contributed by atoms with Crippen LogP contribution in [-0.2, 0) is 4.79 Å². The molecule has 1 heterocycles. The number of hydrogen-bond acceptors (Lipinski definition) is 5. The first-order valence-electron chi connectivity index (χ1n) is 10.5. The van der Waals surface area contributed by atoms with E-state index in [4.69, 9.17) is 16.3 Å². The van der Waals surface area contributed by atoms with Crippen molar-refractivity contribution in [1.82, 2.24) is 10.3 Å². The van der Waals surface area contributed by atoms with E-state index in [-0.39, 0.29) is 18.2 Å². The number of halogens is 1. The zero-order valence-electron chi connectivity index (χ0n) is 18.3. The lowest BCUT2D eigenvalue weighted by Gasteiger charge is -2.19. The topological polar surface area (TPSA) is 80.3 Å². The number of nitrogens with one attached hydrogen (secondary N) is 2. The molecule has 2 N–H and O–H groups in total. The van der Waals surface area contributed by atoms with Crippen LogP contribution in [0.4, 0.5) is 5.13 Å². The molecule has 0 unspecified atom stereocenters. The summed E-state index contributed by atoms with van der Waals surface area (Å²) in [7, 11) is 1.62. The van der Waals surface area contributed by atoms with E-state index in [0.29, 0.717) is 15.7 Å². The highest BCUT2D eigenvalue weighted by Gasteiger charge is 2.21. The largest absolute Gasteiger partial charge is 0.497 e. The van der Waals surface area contributed by atoms with Gasteiger partial charge in [0.1, 0.15) is 5.75 Å². The van der Waals surface area contributed by atoms with E-state index in [1.54, 1.807) is 31.4 Å². The molecule has 0 radical (unpaired) electrons. The van der Waals surface area contributed by atoms with Crippen molar-refractivity contribution in [3.8, 4) is 17.0 Å². The molecule has 0 spiro atoms. The minimum absolute atomic E-state index is 0.0393. The molecular weight excluding hydrogens is 470 g/mol. The molecule has 1 atom stereocenters. The highest BCUT2D eigenvalue weighted by Crippen LogP contribution is 2.27. The van der Waals surface area contributed by atoms with Crippen LogP contribution < -0.4 is 15.4 Å². The number of anilines is 1. The lowest BCUT2D eigenvalue weighted by Crippen LogP contribution is -2.31. The molecule has 0 bridgehead atoms. The molecule has 0 fully saturated rings. The van der Waals surface area contributed by atoms with Crippen LogP contribution in [0.15, 0.2) is 84.2 Å². The molecule has 34 heavy (non-hydrogen) atoms. The molecule has 172 valence electrons. The Balaban J connectivity index is 1.46. The van der Waals surface area contributed by atoms with Crippen LogP contribution in [0.2, 0.25) is 5.02 Å². The average molecular weight is 492 g/mol. The van der Waals surface area contributed by atoms with Crippen molar-refractivity contribution in [1.29, 1.82) is 0 Å². The zero-order valence-corrected chi connectivity index (χ0v) is 19.9. The van der Waals surface area contributed by atoms with Gasteiger partial charge in [-0.15, -0.1) is 11.3 Å². The van der Waals surface area contributed by atoms with Crippen LogP contribution in [0.5, 0.6) is 5.75 Å². The molecule has 2 amide bonds. The van der Waals surface area contributed by atoms with E-state index in [9.17, 15) is 9.59 Å². The van der Waals surface area contributed by atoms with E-state index in [0.717, 1.165) is 22.6 Å². The summed E-state index contributed by atoms with van der Waals surface area (Å²) in [5, 5.41) is 8.50. The Hall–Kier alpha value is -3.68. The van der Waals surface area contributed by atoms with Crippen molar-refractivity contribution < 1.29 is 14.3 Å². The van der Waals surface area contributed by atoms with Crippen LogP contribution in [0, 0.1) is 0 Å². The maximum atomic E-state index is 12.9. The normalized spacial score (nSPS) is 11.5. The summed E-state index contributed by atoms with van der Waals surface area (Å²) < 4.78 is 5.19. The number of amides is 2. The molecule has 0 saturated heterocycles. The lowest BCUT2D eigenvalue weighted by atomic mass is 10.0. The zero-order chi connectivity index (χ0) is 23.9. The van der Waals surface area contributed by atoms with Crippen molar-refractivity contribution in [3.05, 3.63) is 100 Å². The molecule has 0 aliphatic carbocycles. The number of aromatic nitrogens is 1. The van der Waals surface area contributed by atoms with Crippen molar-refractivity contribution >= 4 is 39.9 Å². The summed E-state index contributed by atoms with van der Waals surface area (Å²) >= 11 is 7.52. The van der Waals surface area contributed by atoms with E-state index >= 15 is 0 Å². The Morgan fingerprint density at radius 1 is 1.00 bits per heavy atom. The molecular formula is C26H22ClN3O3S. The molecule has 1 aromatic heterocycles. The Morgan fingerprint density at radius 2 is 1.71 bits per heavy atom. The summed E-state index contributed by atoms with van der Waals surface area (Å²) in [6.07, 6.45) is 0.0393. The van der Waals surface area contributed by atoms with Gasteiger partial charge in [0.05, 0.1) is 35.9 Å². The van der Waals surface area contributed by atoms with E-state index in [1.165, 1.54) is 11.3 Å². The molecule has 4 aromatic rings. The predicted octanol–water partition coefficient (Wildman–Crippen LogP) is 5.97. The van der Waals surface area contributed by atoms with Crippen LogP contribution >= 0.6 is 22.9 Å². The third kappa shape index (κ3) is 5.81. The van der Waals surface area contributed by atoms with Crippen molar-refractivity contribution in [3.63, 3.8) is 0 Å². The van der Waals surface area contributed by atoms with Gasteiger partial charge < -0.3 is 15.4 Å². The van der Waals surface area contributed by atoms with Crippen LogP contribution in [-0.4, -0.2) is 23.9 Å². The van der Waals surface area contributed by atoms with Gasteiger partial charge in [-0.3, -0.25) is 9.59 Å². The third-order valence-electron chi connectivity index (χ3n) is 5.15. The molecule has 6 nitrogen and oxygen atoms in total. The first-order chi connectivity index (χ1) is 16.5. The average Bonchev–Trinajstić information content (AvgIpc) is 3.32. The van der Waals surface area contributed by atoms with Crippen molar-refractivity contribution in [2.45, 2.75) is 12.5 Å². The number of hydrogen-bond donors (Lipinski definition) is 2. The molecule has 8 heteroatoms. The molecule has 3 aromatic carbocycles. The fourth-order valence-corrected chi connectivity index (χ4v) is 4.36. The van der Waals surface area contributed by atoms with Gasteiger partial charge in [-0.25, -0.2) is 4.98 Å². The van der Waals surface area contributed by atoms with Gasteiger partial charge in [-0.2, -0.15) is 0 Å². The molecule has 0 saturated carbocycles. The van der Waals surface area contributed by atoms with Crippen LogP contribution in [0.3, 0.4) is 0 Å². The number of rotatable bonds is 8. The Kier molecular flexibility index (Phi) is 7.57. The smallest absolute Gasteiger partial charge is 0.253 e. The fourth-order valence-electron chi connectivity index (χ4n) is 3.40. The number of carbonyl (C=O) groups excluding carboxylic acids is 2. The van der Waals surface area contributed by atoms with Gasteiger partial charge in [0.15, 0.2) is 5.13 Å². The van der Waals surface area contributed by atoms with Gasteiger partial charge in [0.25, 0.3) is 5.91 Å². The summed E-state index contributed by atoms with van der Waals surface area (Å²) in [4.78, 5) is 30.2. The summed E-state index contributed by atoms with van der Waals surface area (Å²) in [5.74, 6) is 0.158. The summed E-state index contributed by atoms with van der Waals surface area (Å²) in [5.41, 5.74) is 2.85. The second-order valence-electron chi connectivity index (χ2n) is 7.44. The van der Waals surface area contributed by atoms with Gasteiger partial charge in [-0.1, -0.05) is 54.1 Å². The van der Waals surface area contributed by atoms with Gasteiger partial charge in [0, 0.05) is 10.9 Å². The maximum absolute atomic E-state index is 12.9. The van der Waals surface area contributed by atoms with Crippen LogP contribution in [0.1, 0.15) is 28.4 Å². The minimum atomic E-state index is -0.536. The standard InChI is InChI=1S/C26H22ClN3O3S/c1-33-19-13-11-18(12-14-19)23-16-34-26(29-23)30-24(31)15-22(17-7-3-2-4-8-17)28-25(32)20-9-5-6-10-21(20)27/h2-14,16,22H,15H2,1H3,(H,28,32)(H,29,30,31)/t22-/m1/s1. The highest BCUT2D eigenvalue weighted by molar-refractivity contribution is 7.14. The first-order valence-corrected chi connectivity index (χ1v) is 11.8. The maximum Gasteiger partial charge on any atom is 0.253 e. The van der Waals surface area contributed by atoms with Gasteiger partial charge in [-0.05, 0) is 42.0 Å². The highest BCUT2D eigenvalue weighted by atomic mass is 35.5. The monoisotopic (exact) mass is 491 g/mol. The number of ether oxygens (including phenoxy) is 1. The number of benzene rings is 3. The van der Waals surface area contributed by atoms with E-state index in [1.807, 2.05) is 60.0 Å².